The standard InChI is InChI=1S/C23H30BrN5O3/c1-23(2,3)29-21-11-19(28-29)13-4-5-17(6-13)32-22(30)26-15-9-18(10-15)31-12-16-7-14(24)8-20(25-16)27-21/h7-8,11,13,15,17-18H,4-6,9-10,12H2,1-3H3,(H,25,27)(H,26,30)/t13-,15?,17+,18?/m0/s1. The molecule has 6 rings (SSSR count). The van der Waals surface area contributed by atoms with E-state index in [1.165, 1.54) is 0 Å². The van der Waals surface area contributed by atoms with Crippen LogP contribution in [0.15, 0.2) is 22.7 Å². The van der Waals surface area contributed by atoms with Gasteiger partial charge in [-0.3, -0.25) is 0 Å². The number of nitrogens with zero attached hydrogens (tertiary/aromatic N) is 3. The third-order valence-electron chi connectivity index (χ3n) is 6.42. The van der Waals surface area contributed by atoms with Crippen LogP contribution in [0.3, 0.4) is 0 Å². The summed E-state index contributed by atoms with van der Waals surface area (Å²) in [6.07, 6.45) is 3.93. The Labute approximate surface area is 196 Å². The average molecular weight is 504 g/mol. The van der Waals surface area contributed by atoms with Crippen molar-refractivity contribution in [1.29, 1.82) is 0 Å². The first kappa shape index (κ1) is 21.7. The molecular formula is C23H30BrN5O3. The van der Waals surface area contributed by atoms with Crippen LogP contribution < -0.4 is 10.6 Å². The molecule has 2 aromatic rings. The normalized spacial score (nSPS) is 27.9. The van der Waals surface area contributed by atoms with Crippen LogP contribution in [0.5, 0.6) is 0 Å². The van der Waals surface area contributed by atoms with Gasteiger partial charge in [0.05, 0.1) is 29.6 Å². The molecule has 4 heterocycles. The molecule has 2 fully saturated rings. The number of carbonyl (C=O) groups excluding carboxylic acids is 1. The number of amides is 1. The summed E-state index contributed by atoms with van der Waals surface area (Å²) in [5.74, 6) is 1.92. The molecule has 8 bridgehead atoms. The Balaban J connectivity index is 1.48. The fraction of sp³-hybridized carbons (Fsp3) is 0.609. The van der Waals surface area contributed by atoms with Crippen LogP contribution in [0.25, 0.3) is 0 Å². The zero-order valence-corrected chi connectivity index (χ0v) is 20.3. The van der Waals surface area contributed by atoms with Crippen molar-refractivity contribution in [3.63, 3.8) is 0 Å². The number of hydrogen-bond donors (Lipinski definition) is 2. The van der Waals surface area contributed by atoms with Gasteiger partial charge in [0.1, 0.15) is 17.7 Å². The predicted molar refractivity (Wildman–Crippen MR) is 124 cm³/mol. The van der Waals surface area contributed by atoms with Gasteiger partial charge in [-0.25, -0.2) is 14.5 Å². The molecule has 2 aliphatic heterocycles. The number of fused-ring (bicyclic) bond motifs is 3. The number of carbonyl (C=O) groups is 1. The summed E-state index contributed by atoms with van der Waals surface area (Å²) >= 11 is 3.60. The third kappa shape index (κ3) is 4.64. The minimum Gasteiger partial charge on any atom is -0.446 e. The van der Waals surface area contributed by atoms with E-state index >= 15 is 0 Å². The molecule has 1 amide bonds. The maximum absolute atomic E-state index is 12.3. The fourth-order valence-electron chi connectivity index (χ4n) is 4.71. The molecule has 4 aliphatic rings. The van der Waals surface area contributed by atoms with Gasteiger partial charge in [-0.2, -0.15) is 5.10 Å². The number of anilines is 2. The summed E-state index contributed by atoms with van der Waals surface area (Å²) in [6, 6.07) is 6.16. The van der Waals surface area contributed by atoms with Crippen LogP contribution in [0.4, 0.5) is 16.4 Å². The molecule has 8 nitrogen and oxygen atoms in total. The first-order chi connectivity index (χ1) is 15.2. The maximum Gasteiger partial charge on any atom is 0.407 e. The van der Waals surface area contributed by atoms with Gasteiger partial charge in [0.2, 0.25) is 0 Å². The smallest absolute Gasteiger partial charge is 0.407 e. The molecule has 0 aromatic carbocycles. The first-order valence-corrected chi connectivity index (χ1v) is 12.1. The highest BCUT2D eigenvalue weighted by Gasteiger charge is 2.35. The van der Waals surface area contributed by atoms with E-state index in [0.717, 1.165) is 59.6 Å². The molecule has 2 aromatic heterocycles. The number of hydrogen-bond acceptors (Lipinski definition) is 6. The summed E-state index contributed by atoms with van der Waals surface area (Å²) in [5, 5.41) is 11.4. The lowest BCUT2D eigenvalue weighted by Crippen LogP contribution is -2.48. The van der Waals surface area contributed by atoms with E-state index in [-0.39, 0.29) is 35.8 Å². The molecular weight excluding hydrogens is 474 g/mol. The van der Waals surface area contributed by atoms with Crippen LogP contribution in [-0.2, 0) is 21.6 Å². The van der Waals surface area contributed by atoms with Crippen LogP contribution in [0.1, 0.15) is 70.2 Å². The predicted octanol–water partition coefficient (Wildman–Crippen LogP) is 4.96. The van der Waals surface area contributed by atoms with Gasteiger partial charge >= 0.3 is 6.09 Å². The molecule has 9 heteroatoms. The van der Waals surface area contributed by atoms with Crippen LogP contribution in [0.2, 0.25) is 0 Å². The SMILES string of the molecule is CC(C)(C)n1nc2cc1Nc1cc(Br)cc(n1)COC1CC(C1)NC(=O)O[C@@H]1CC[C@H]2C1. The highest BCUT2D eigenvalue weighted by molar-refractivity contribution is 9.10. The second kappa shape index (κ2) is 8.33. The van der Waals surface area contributed by atoms with E-state index in [0.29, 0.717) is 6.61 Å². The Morgan fingerprint density at radius 3 is 2.72 bits per heavy atom. The Hall–Kier alpha value is -2.13. The molecule has 2 N–H and O–H groups in total. The van der Waals surface area contributed by atoms with E-state index in [2.05, 4.69) is 53.4 Å². The molecule has 32 heavy (non-hydrogen) atoms. The third-order valence-corrected chi connectivity index (χ3v) is 6.88. The lowest BCUT2D eigenvalue weighted by atomic mass is 9.89. The van der Waals surface area contributed by atoms with Crippen LogP contribution >= 0.6 is 15.9 Å². The summed E-state index contributed by atoms with van der Waals surface area (Å²) in [5.41, 5.74) is 1.67. The number of alkyl carbamates (subject to hydrolysis) is 1. The van der Waals surface area contributed by atoms with E-state index in [9.17, 15) is 4.79 Å². The number of rotatable bonds is 0. The number of pyridine rings is 1. The topological polar surface area (TPSA) is 90.3 Å². The molecule has 0 saturated heterocycles. The summed E-state index contributed by atoms with van der Waals surface area (Å²) in [6.45, 7) is 6.82. The quantitative estimate of drug-likeness (QED) is 0.527. The summed E-state index contributed by atoms with van der Waals surface area (Å²) < 4.78 is 14.7. The van der Waals surface area contributed by atoms with Crippen LogP contribution in [0, 0.1) is 0 Å². The zero-order valence-electron chi connectivity index (χ0n) is 18.7. The molecule has 172 valence electrons. The molecule has 0 radical (unpaired) electrons. The van der Waals surface area contributed by atoms with Gasteiger partial charge in [-0.15, -0.1) is 0 Å². The van der Waals surface area contributed by atoms with Gasteiger partial charge in [-0.05, 0) is 65.0 Å². The Morgan fingerprint density at radius 2 is 1.94 bits per heavy atom. The average Bonchev–Trinajstić information content (AvgIpc) is 3.29. The molecule has 2 saturated carbocycles. The Morgan fingerprint density at radius 1 is 1.12 bits per heavy atom. The van der Waals surface area contributed by atoms with Gasteiger partial charge in [0.25, 0.3) is 0 Å². The van der Waals surface area contributed by atoms with E-state index in [4.69, 9.17) is 19.6 Å². The molecule has 0 spiro atoms. The van der Waals surface area contributed by atoms with Gasteiger partial charge in [-0.1, -0.05) is 15.9 Å². The lowest BCUT2D eigenvalue weighted by molar-refractivity contribution is -0.0283. The Bertz CT molecular complexity index is 1010. The summed E-state index contributed by atoms with van der Waals surface area (Å²) in [7, 11) is 0. The number of halogens is 1. The summed E-state index contributed by atoms with van der Waals surface area (Å²) in [4.78, 5) is 17.1. The first-order valence-electron chi connectivity index (χ1n) is 11.4. The maximum atomic E-state index is 12.3. The second-order valence-corrected chi connectivity index (χ2v) is 11.0. The van der Waals surface area contributed by atoms with Gasteiger partial charge in [0, 0.05) is 22.5 Å². The van der Waals surface area contributed by atoms with Crippen molar-refractivity contribution in [2.75, 3.05) is 5.32 Å². The van der Waals surface area contributed by atoms with Crippen molar-refractivity contribution in [1.82, 2.24) is 20.1 Å². The molecule has 0 unspecified atom stereocenters. The number of aromatic nitrogens is 3. The van der Waals surface area contributed by atoms with Crippen molar-refractivity contribution >= 4 is 33.7 Å². The van der Waals surface area contributed by atoms with E-state index in [1.54, 1.807) is 0 Å². The second-order valence-electron chi connectivity index (χ2n) is 10.1. The minimum absolute atomic E-state index is 0.0727. The fourth-order valence-corrected chi connectivity index (χ4v) is 5.19. The molecule has 2 aliphatic carbocycles. The van der Waals surface area contributed by atoms with E-state index < -0.39 is 0 Å². The van der Waals surface area contributed by atoms with E-state index in [1.807, 2.05) is 16.8 Å². The number of nitrogens with one attached hydrogen (secondary N) is 2. The van der Waals surface area contributed by atoms with Crippen molar-refractivity contribution in [2.24, 2.45) is 0 Å². The zero-order chi connectivity index (χ0) is 22.5. The van der Waals surface area contributed by atoms with Crippen molar-refractivity contribution < 1.29 is 14.3 Å². The largest absolute Gasteiger partial charge is 0.446 e. The minimum atomic E-state index is -0.318. The Kier molecular flexibility index (Phi) is 5.65. The highest BCUT2D eigenvalue weighted by Crippen LogP contribution is 2.38. The van der Waals surface area contributed by atoms with Crippen molar-refractivity contribution in [3.8, 4) is 0 Å². The lowest BCUT2D eigenvalue weighted by Gasteiger charge is -2.35. The number of ether oxygens (including phenoxy) is 2. The monoisotopic (exact) mass is 503 g/mol. The van der Waals surface area contributed by atoms with Gasteiger partial charge in [0.15, 0.2) is 0 Å². The van der Waals surface area contributed by atoms with Crippen LogP contribution in [-0.4, -0.2) is 39.1 Å². The highest BCUT2D eigenvalue weighted by atomic mass is 79.9. The molecule has 2 atom stereocenters. The van der Waals surface area contributed by atoms with Crippen molar-refractivity contribution in [3.05, 3.63) is 34.1 Å². The van der Waals surface area contributed by atoms with Crippen molar-refractivity contribution in [2.45, 2.75) is 89.2 Å². The van der Waals surface area contributed by atoms with Gasteiger partial charge < -0.3 is 20.1 Å².